The Bertz CT molecular complexity index is 504. The molecule has 2 aromatic heterocycles. The van der Waals surface area contributed by atoms with Gasteiger partial charge in [-0.1, -0.05) is 0 Å². The van der Waals surface area contributed by atoms with E-state index in [-0.39, 0.29) is 5.82 Å². The number of imidazole rings is 2. The number of nitrogens with one attached hydrogen (secondary N) is 2. The average molecular weight is 236 g/mol. The topological polar surface area (TPSA) is 102 Å². The quantitative estimate of drug-likeness (QED) is 0.588. The van der Waals surface area contributed by atoms with Crippen LogP contribution in [-0.2, 0) is 13.5 Å². The van der Waals surface area contributed by atoms with Crippen molar-refractivity contribution in [2.24, 2.45) is 7.05 Å². The third-order valence-corrected chi connectivity index (χ3v) is 2.30. The average Bonchev–Trinajstić information content (AvgIpc) is 2.89. The lowest BCUT2D eigenvalue weighted by atomic mass is 10.4. The second-order valence-corrected chi connectivity index (χ2v) is 3.50. The van der Waals surface area contributed by atoms with Crippen LogP contribution in [0.25, 0.3) is 0 Å². The lowest BCUT2D eigenvalue weighted by Crippen LogP contribution is -2.10. The van der Waals surface area contributed by atoms with E-state index in [1.807, 2.05) is 0 Å². The summed E-state index contributed by atoms with van der Waals surface area (Å²) in [6.45, 7) is 0.549. The number of aromatic amines is 1. The molecule has 0 aliphatic carbocycles. The van der Waals surface area contributed by atoms with E-state index in [4.69, 9.17) is 0 Å². The Morgan fingerprint density at radius 2 is 2.41 bits per heavy atom. The lowest BCUT2D eigenvalue weighted by Gasteiger charge is -2.04. The van der Waals surface area contributed by atoms with E-state index in [1.165, 1.54) is 6.33 Å². The maximum Gasteiger partial charge on any atom is 0.406 e. The minimum atomic E-state index is -0.505. The summed E-state index contributed by atoms with van der Waals surface area (Å²) in [6, 6.07) is 0. The second-order valence-electron chi connectivity index (χ2n) is 3.50. The smallest absolute Gasteiger partial charge is 0.364 e. The molecule has 2 aromatic rings. The molecule has 0 amide bonds. The van der Waals surface area contributed by atoms with Crippen LogP contribution in [0.2, 0.25) is 0 Å². The summed E-state index contributed by atoms with van der Waals surface area (Å²) in [5, 5.41) is 13.7. The SMILES string of the molecule is Cn1cnc([N+](=O)[O-])c1NCCc1ncc[nH]1. The van der Waals surface area contributed by atoms with Crippen LogP contribution < -0.4 is 5.32 Å². The number of nitro groups is 1. The predicted octanol–water partition coefficient (Wildman–Crippen LogP) is 0.706. The van der Waals surface area contributed by atoms with Gasteiger partial charge in [-0.3, -0.25) is 4.57 Å². The van der Waals surface area contributed by atoms with Crippen molar-refractivity contribution in [3.63, 3.8) is 0 Å². The van der Waals surface area contributed by atoms with Crippen LogP contribution in [0.3, 0.4) is 0 Å². The van der Waals surface area contributed by atoms with Crippen molar-refractivity contribution in [1.29, 1.82) is 0 Å². The van der Waals surface area contributed by atoms with Crippen molar-refractivity contribution in [1.82, 2.24) is 19.5 Å². The third kappa shape index (κ3) is 2.41. The minimum absolute atomic E-state index is 0.160. The summed E-state index contributed by atoms with van der Waals surface area (Å²) in [5.74, 6) is 1.08. The Labute approximate surface area is 96.9 Å². The van der Waals surface area contributed by atoms with E-state index in [1.54, 1.807) is 24.0 Å². The highest BCUT2D eigenvalue weighted by Crippen LogP contribution is 2.20. The van der Waals surface area contributed by atoms with Gasteiger partial charge >= 0.3 is 5.82 Å². The Kier molecular flexibility index (Phi) is 3.03. The van der Waals surface area contributed by atoms with Gasteiger partial charge in [-0.2, -0.15) is 0 Å². The van der Waals surface area contributed by atoms with Gasteiger partial charge in [0, 0.05) is 32.4 Å². The van der Waals surface area contributed by atoms with Crippen LogP contribution >= 0.6 is 0 Å². The van der Waals surface area contributed by atoms with Gasteiger partial charge in [0.15, 0.2) is 0 Å². The molecule has 0 saturated carbocycles. The van der Waals surface area contributed by atoms with Gasteiger partial charge in [0.25, 0.3) is 0 Å². The number of aromatic nitrogens is 4. The zero-order chi connectivity index (χ0) is 12.3. The molecule has 2 N–H and O–H groups in total. The fourth-order valence-corrected chi connectivity index (χ4v) is 1.49. The zero-order valence-electron chi connectivity index (χ0n) is 9.25. The number of hydrogen-bond donors (Lipinski definition) is 2. The van der Waals surface area contributed by atoms with Gasteiger partial charge in [0.2, 0.25) is 12.1 Å². The highest BCUT2D eigenvalue weighted by Gasteiger charge is 2.19. The van der Waals surface area contributed by atoms with E-state index in [9.17, 15) is 10.1 Å². The molecular formula is C9H12N6O2. The zero-order valence-corrected chi connectivity index (χ0v) is 9.25. The summed E-state index contributed by atoms with van der Waals surface area (Å²) in [4.78, 5) is 20.9. The lowest BCUT2D eigenvalue weighted by molar-refractivity contribution is -0.388. The Balaban J connectivity index is 1.99. The van der Waals surface area contributed by atoms with Gasteiger partial charge < -0.3 is 20.4 Å². The molecule has 0 saturated heterocycles. The molecule has 0 radical (unpaired) electrons. The number of aryl methyl sites for hydroxylation is 1. The molecule has 17 heavy (non-hydrogen) atoms. The Morgan fingerprint density at radius 1 is 1.59 bits per heavy atom. The fraction of sp³-hybridized carbons (Fsp3) is 0.333. The van der Waals surface area contributed by atoms with Gasteiger partial charge in [0.05, 0.1) is 0 Å². The van der Waals surface area contributed by atoms with Gasteiger partial charge in [-0.05, 0) is 9.91 Å². The summed E-state index contributed by atoms with van der Waals surface area (Å²) in [7, 11) is 1.70. The van der Waals surface area contributed by atoms with Crippen LogP contribution in [0, 0.1) is 10.1 Å². The first-order valence-electron chi connectivity index (χ1n) is 5.06. The van der Waals surface area contributed by atoms with E-state index in [2.05, 4.69) is 20.3 Å². The van der Waals surface area contributed by atoms with Crippen molar-refractivity contribution < 1.29 is 4.92 Å². The van der Waals surface area contributed by atoms with Gasteiger partial charge in [0.1, 0.15) is 5.82 Å². The van der Waals surface area contributed by atoms with Crippen LogP contribution in [0.4, 0.5) is 11.6 Å². The summed E-state index contributed by atoms with van der Waals surface area (Å²) in [5.41, 5.74) is 0. The highest BCUT2D eigenvalue weighted by atomic mass is 16.6. The van der Waals surface area contributed by atoms with Crippen molar-refractivity contribution in [3.8, 4) is 0 Å². The van der Waals surface area contributed by atoms with Crippen LogP contribution in [-0.4, -0.2) is 31.0 Å². The number of nitrogens with zero attached hydrogens (tertiary/aromatic N) is 4. The molecule has 8 nitrogen and oxygen atoms in total. The van der Waals surface area contributed by atoms with Gasteiger partial charge in [-0.15, -0.1) is 0 Å². The standard InChI is InChI=1S/C9H12N6O2/c1-14-6-13-9(15(16)17)8(14)12-3-2-7-10-4-5-11-7/h4-6,12H,2-3H2,1H3,(H,10,11). The molecule has 0 atom stereocenters. The maximum atomic E-state index is 10.7. The van der Waals surface area contributed by atoms with Crippen LogP contribution in [0.15, 0.2) is 18.7 Å². The summed E-state index contributed by atoms with van der Waals surface area (Å²) >= 11 is 0. The maximum absolute atomic E-state index is 10.7. The van der Waals surface area contributed by atoms with E-state index in [0.29, 0.717) is 18.8 Å². The minimum Gasteiger partial charge on any atom is -0.364 e. The molecule has 8 heteroatoms. The number of hydrogen-bond acceptors (Lipinski definition) is 5. The number of H-pyrrole nitrogens is 1. The first-order valence-corrected chi connectivity index (χ1v) is 5.06. The fourth-order valence-electron chi connectivity index (χ4n) is 1.49. The third-order valence-electron chi connectivity index (χ3n) is 2.30. The predicted molar refractivity (Wildman–Crippen MR) is 60.6 cm³/mol. The highest BCUT2D eigenvalue weighted by molar-refractivity contribution is 5.51. The van der Waals surface area contributed by atoms with Crippen molar-refractivity contribution in [2.45, 2.75) is 6.42 Å². The molecule has 0 spiro atoms. The second kappa shape index (κ2) is 4.64. The molecule has 0 aliphatic heterocycles. The number of rotatable bonds is 5. The normalized spacial score (nSPS) is 10.4. The monoisotopic (exact) mass is 236 g/mol. The molecule has 2 rings (SSSR count). The molecule has 0 fully saturated rings. The molecular weight excluding hydrogens is 224 g/mol. The first-order chi connectivity index (χ1) is 8.18. The van der Waals surface area contributed by atoms with Crippen molar-refractivity contribution in [3.05, 3.63) is 34.7 Å². The molecule has 2 heterocycles. The Morgan fingerprint density at radius 3 is 3.06 bits per heavy atom. The van der Waals surface area contributed by atoms with Crippen molar-refractivity contribution in [2.75, 3.05) is 11.9 Å². The summed E-state index contributed by atoms with van der Waals surface area (Å²) < 4.78 is 1.58. The Hall–Kier alpha value is -2.38. The molecule has 0 aliphatic rings. The van der Waals surface area contributed by atoms with Crippen LogP contribution in [0.5, 0.6) is 0 Å². The first kappa shape index (κ1) is 11.1. The number of anilines is 1. The summed E-state index contributed by atoms with van der Waals surface area (Å²) in [6.07, 6.45) is 5.48. The molecule has 90 valence electrons. The van der Waals surface area contributed by atoms with Crippen LogP contribution in [0.1, 0.15) is 5.82 Å². The van der Waals surface area contributed by atoms with E-state index >= 15 is 0 Å². The molecule has 0 bridgehead atoms. The molecule has 0 aromatic carbocycles. The van der Waals surface area contributed by atoms with Crippen molar-refractivity contribution >= 4 is 11.6 Å². The van der Waals surface area contributed by atoms with E-state index in [0.717, 1.165) is 5.82 Å². The largest absolute Gasteiger partial charge is 0.406 e. The van der Waals surface area contributed by atoms with Gasteiger partial charge in [-0.25, -0.2) is 4.98 Å². The molecule has 0 unspecified atom stereocenters. The van der Waals surface area contributed by atoms with E-state index < -0.39 is 4.92 Å².